The van der Waals surface area contributed by atoms with Crippen LogP contribution in [0.1, 0.15) is 13.3 Å². The zero-order valence-corrected chi connectivity index (χ0v) is 10.5. The number of nitrogens with zero attached hydrogens (tertiary/aromatic N) is 1. The molecule has 0 aliphatic heterocycles. The molecule has 1 rings (SSSR count). The third kappa shape index (κ3) is 4.92. The standard InChI is InChI=1S/C12H16N2O5/c1-2-9(7-15)13-12(16)8-19-11-5-3-10(4-6-11)14(17)18/h3-6,9,15H,2,7-8H2,1H3,(H,13,16). The van der Waals surface area contributed by atoms with Crippen molar-refractivity contribution in [3.63, 3.8) is 0 Å². The van der Waals surface area contributed by atoms with Crippen molar-refractivity contribution in [1.29, 1.82) is 0 Å². The van der Waals surface area contributed by atoms with Gasteiger partial charge in [-0.25, -0.2) is 0 Å². The molecule has 0 bridgehead atoms. The van der Waals surface area contributed by atoms with E-state index in [0.29, 0.717) is 12.2 Å². The number of nitrogens with one attached hydrogen (secondary N) is 1. The molecule has 0 spiro atoms. The Labute approximate surface area is 110 Å². The van der Waals surface area contributed by atoms with Crippen LogP contribution in [-0.4, -0.2) is 35.2 Å². The largest absolute Gasteiger partial charge is 0.484 e. The molecule has 7 heteroatoms. The van der Waals surface area contributed by atoms with E-state index in [1.165, 1.54) is 24.3 Å². The molecule has 0 heterocycles. The maximum atomic E-state index is 11.5. The highest BCUT2D eigenvalue weighted by Gasteiger charge is 2.10. The monoisotopic (exact) mass is 268 g/mol. The smallest absolute Gasteiger partial charge is 0.269 e. The van der Waals surface area contributed by atoms with Crippen LogP contribution in [0.2, 0.25) is 0 Å². The molecule has 0 aromatic heterocycles. The van der Waals surface area contributed by atoms with Crippen molar-refractivity contribution in [3.05, 3.63) is 34.4 Å². The molecular weight excluding hydrogens is 252 g/mol. The Hall–Kier alpha value is -2.15. The Kier molecular flexibility index (Phi) is 5.74. The molecule has 2 N–H and O–H groups in total. The van der Waals surface area contributed by atoms with Gasteiger partial charge in [0.2, 0.25) is 0 Å². The second-order valence-electron chi connectivity index (χ2n) is 3.89. The van der Waals surface area contributed by atoms with E-state index in [1.807, 2.05) is 6.92 Å². The summed E-state index contributed by atoms with van der Waals surface area (Å²) in [6.07, 6.45) is 0.625. The van der Waals surface area contributed by atoms with Gasteiger partial charge in [-0.05, 0) is 18.6 Å². The third-order valence-electron chi connectivity index (χ3n) is 2.50. The summed E-state index contributed by atoms with van der Waals surface area (Å²) < 4.78 is 5.18. The van der Waals surface area contributed by atoms with E-state index in [9.17, 15) is 14.9 Å². The predicted octanol–water partition coefficient (Wildman–Crippen LogP) is 0.861. The number of benzene rings is 1. The highest BCUT2D eigenvalue weighted by atomic mass is 16.6. The minimum atomic E-state index is -0.510. The summed E-state index contributed by atoms with van der Waals surface area (Å²) in [7, 11) is 0. The van der Waals surface area contributed by atoms with Crippen LogP contribution in [0.4, 0.5) is 5.69 Å². The summed E-state index contributed by atoms with van der Waals surface area (Å²) in [6, 6.07) is 5.17. The van der Waals surface area contributed by atoms with Crippen molar-refractivity contribution in [2.24, 2.45) is 0 Å². The van der Waals surface area contributed by atoms with Gasteiger partial charge < -0.3 is 15.2 Å². The summed E-state index contributed by atoms with van der Waals surface area (Å²) in [5.41, 5.74) is -0.0388. The molecule has 1 aromatic carbocycles. The number of nitro groups is 1. The lowest BCUT2D eigenvalue weighted by Crippen LogP contribution is -2.39. The highest BCUT2D eigenvalue weighted by molar-refractivity contribution is 5.77. The summed E-state index contributed by atoms with van der Waals surface area (Å²) >= 11 is 0. The first-order chi connectivity index (χ1) is 9.06. The molecule has 0 saturated carbocycles. The fraction of sp³-hybridized carbons (Fsp3) is 0.417. The van der Waals surface area contributed by atoms with E-state index in [-0.39, 0.29) is 30.9 Å². The first kappa shape index (κ1) is 14.9. The molecule has 1 aromatic rings. The van der Waals surface area contributed by atoms with Crippen molar-refractivity contribution in [1.82, 2.24) is 5.32 Å². The molecule has 0 fully saturated rings. The fourth-order valence-corrected chi connectivity index (χ4v) is 1.36. The Balaban J connectivity index is 2.43. The SMILES string of the molecule is CCC(CO)NC(=O)COc1ccc([N+](=O)[O-])cc1. The van der Waals surface area contributed by atoms with Gasteiger partial charge in [0.05, 0.1) is 17.6 Å². The number of nitro benzene ring substituents is 1. The lowest BCUT2D eigenvalue weighted by atomic mass is 10.2. The molecule has 0 aliphatic carbocycles. The van der Waals surface area contributed by atoms with Crippen LogP contribution in [0.15, 0.2) is 24.3 Å². The maximum absolute atomic E-state index is 11.5. The minimum Gasteiger partial charge on any atom is -0.484 e. The van der Waals surface area contributed by atoms with Gasteiger partial charge in [-0.1, -0.05) is 6.92 Å². The molecule has 1 atom stereocenters. The summed E-state index contributed by atoms with van der Waals surface area (Å²) in [5.74, 6) is 0.0250. The molecular formula is C12H16N2O5. The zero-order chi connectivity index (χ0) is 14.3. The van der Waals surface area contributed by atoms with Crippen molar-refractivity contribution < 1.29 is 19.6 Å². The highest BCUT2D eigenvalue weighted by Crippen LogP contribution is 2.16. The molecule has 104 valence electrons. The first-order valence-corrected chi connectivity index (χ1v) is 5.84. The average Bonchev–Trinajstić information content (AvgIpc) is 2.43. The van der Waals surface area contributed by atoms with Crippen LogP contribution in [0, 0.1) is 10.1 Å². The number of non-ortho nitro benzene ring substituents is 1. The van der Waals surface area contributed by atoms with Gasteiger partial charge in [0.1, 0.15) is 5.75 Å². The van der Waals surface area contributed by atoms with Gasteiger partial charge in [-0.2, -0.15) is 0 Å². The van der Waals surface area contributed by atoms with Crippen molar-refractivity contribution in [3.8, 4) is 5.75 Å². The predicted molar refractivity (Wildman–Crippen MR) is 67.9 cm³/mol. The Morgan fingerprint density at radius 1 is 1.47 bits per heavy atom. The number of aliphatic hydroxyl groups is 1. The lowest BCUT2D eigenvalue weighted by Gasteiger charge is -2.14. The van der Waals surface area contributed by atoms with E-state index >= 15 is 0 Å². The lowest BCUT2D eigenvalue weighted by molar-refractivity contribution is -0.384. The third-order valence-corrected chi connectivity index (χ3v) is 2.50. The van der Waals surface area contributed by atoms with Crippen LogP contribution < -0.4 is 10.1 Å². The fourth-order valence-electron chi connectivity index (χ4n) is 1.36. The normalized spacial score (nSPS) is 11.7. The summed E-state index contributed by atoms with van der Waals surface area (Å²) in [5, 5.41) is 22.0. The first-order valence-electron chi connectivity index (χ1n) is 5.84. The number of hydrogen-bond acceptors (Lipinski definition) is 5. The Bertz CT molecular complexity index is 428. The zero-order valence-electron chi connectivity index (χ0n) is 10.5. The van der Waals surface area contributed by atoms with Crippen LogP contribution in [0.3, 0.4) is 0 Å². The Morgan fingerprint density at radius 2 is 2.11 bits per heavy atom. The number of carbonyl (C=O) groups is 1. The number of carbonyl (C=O) groups excluding carboxylic acids is 1. The van der Waals surface area contributed by atoms with Crippen LogP contribution in [-0.2, 0) is 4.79 Å². The van der Waals surface area contributed by atoms with Gasteiger partial charge in [-0.3, -0.25) is 14.9 Å². The van der Waals surface area contributed by atoms with Crippen LogP contribution >= 0.6 is 0 Å². The molecule has 19 heavy (non-hydrogen) atoms. The second-order valence-corrected chi connectivity index (χ2v) is 3.89. The van der Waals surface area contributed by atoms with Gasteiger partial charge >= 0.3 is 0 Å². The van der Waals surface area contributed by atoms with E-state index < -0.39 is 4.92 Å². The number of aliphatic hydroxyl groups excluding tert-OH is 1. The second kappa shape index (κ2) is 7.32. The van der Waals surface area contributed by atoms with Crippen LogP contribution in [0.5, 0.6) is 5.75 Å². The molecule has 0 saturated heterocycles. The number of ether oxygens (including phenoxy) is 1. The Morgan fingerprint density at radius 3 is 2.58 bits per heavy atom. The van der Waals surface area contributed by atoms with Crippen LogP contribution in [0.25, 0.3) is 0 Å². The molecule has 1 unspecified atom stereocenters. The van der Waals surface area contributed by atoms with E-state index in [0.717, 1.165) is 0 Å². The van der Waals surface area contributed by atoms with Crippen molar-refractivity contribution >= 4 is 11.6 Å². The van der Waals surface area contributed by atoms with Crippen molar-refractivity contribution in [2.45, 2.75) is 19.4 Å². The number of hydrogen-bond donors (Lipinski definition) is 2. The topological polar surface area (TPSA) is 102 Å². The quantitative estimate of drug-likeness (QED) is 0.564. The average molecular weight is 268 g/mol. The van der Waals surface area contributed by atoms with Gasteiger partial charge in [-0.15, -0.1) is 0 Å². The van der Waals surface area contributed by atoms with E-state index in [1.54, 1.807) is 0 Å². The van der Waals surface area contributed by atoms with Gasteiger partial charge in [0.25, 0.3) is 11.6 Å². The molecule has 0 aliphatic rings. The maximum Gasteiger partial charge on any atom is 0.269 e. The summed E-state index contributed by atoms with van der Waals surface area (Å²) in [4.78, 5) is 21.4. The molecule has 1 amide bonds. The molecule has 0 radical (unpaired) electrons. The van der Waals surface area contributed by atoms with Crippen molar-refractivity contribution in [2.75, 3.05) is 13.2 Å². The summed E-state index contributed by atoms with van der Waals surface area (Å²) in [6.45, 7) is 1.52. The minimum absolute atomic E-state index is 0.0388. The van der Waals surface area contributed by atoms with Gasteiger partial charge in [0, 0.05) is 12.1 Å². The number of amides is 1. The van der Waals surface area contributed by atoms with E-state index in [2.05, 4.69) is 5.32 Å². The molecule has 7 nitrogen and oxygen atoms in total. The van der Waals surface area contributed by atoms with E-state index in [4.69, 9.17) is 9.84 Å². The number of rotatable bonds is 7. The van der Waals surface area contributed by atoms with Gasteiger partial charge in [0.15, 0.2) is 6.61 Å².